The molecule has 3 aromatic rings. The van der Waals surface area contributed by atoms with Gasteiger partial charge in [-0.25, -0.2) is 4.98 Å². The lowest BCUT2D eigenvalue weighted by Gasteiger charge is -2.03. The molecule has 1 aromatic heterocycles. The zero-order valence-corrected chi connectivity index (χ0v) is 14.5. The lowest BCUT2D eigenvalue weighted by molar-refractivity contribution is -0.115. The number of carbonyl (C=O) groups excluding carboxylic acids is 1. The molecule has 0 aliphatic rings. The number of halogens is 1. The van der Waals surface area contributed by atoms with E-state index in [1.807, 2.05) is 30.3 Å². The van der Waals surface area contributed by atoms with Gasteiger partial charge >= 0.3 is 0 Å². The van der Waals surface area contributed by atoms with Gasteiger partial charge in [0.25, 0.3) is 0 Å². The number of carbonyl (C=O) groups is 1. The van der Waals surface area contributed by atoms with Gasteiger partial charge in [-0.3, -0.25) is 4.79 Å². The van der Waals surface area contributed by atoms with E-state index in [2.05, 4.69) is 45.3 Å². The average Bonchev–Trinajstić information content (AvgIpc) is 2.89. The van der Waals surface area contributed by atoms with Gasteiger partial charge in [0, 0.05) is 4.47 Å². The number of benzene rings is 2. The molecule has 0 unspecified atom stereocenters. The zero-order chi connectivity index (χ0) is 15.5. The normalized spacial score (nSPS) is 10.8. The second-order valence-corrected chi connectivity index (χ2v) is 6.97. The number of nitrogens with one attached hydrogen (secondary N) is 1. The van der Waals surface area contributed by atoms with Crippen LogP contribution in [0.1, 0.15) is 18.1 Å². The van der Waals surface area contributed by atoms with Crippen molar-refractivity contribution in [2.24, 2.45) is 0 Å². The fourth-order valence-electron chi connectivity index (χ4n) is 2.19. The number of aromatic nitrogens is 1. The molecule has 1 heterocycles. The number of anilines is 1. The van der Waals surface area contributed by atoms with Gasteiger partial charge in [-0.15, -0.1) is 0 Å². The van der Waals surface area contributed by atoms with E-state index in [4.69, 9.17) is 0 Å². The molecule has 112 valence electrons. The molecule has 0 spiro atoms. The molecule has 0 fully saturated rings. The maximum Gasteiger partial charge on any atom is 0.230 e. The Morgan fingerprint density at radius 3 is 2.64 bits per heavy atom. The van der Waals surface area contributed by atoms with Crippen LogP contribution in [-0.4, -0.2) is 10.9 Å². The maximum absolute atomic E-state index is 12.1. The summed E-state index contributed by atoms with van der Waals surface area (Å²) in [6, 6.07) is 14.0. The van der Waals surface area contributed by atoms with Crippen molar-refractivity contribution in [1.82, 2.24) is 4.98 Å². The van der Waals surface area contributed by atoms with Gasteiger partial charge in [0.15, 0.2) is 5.13 Å². The summed E-state index contributed by atoms with van der Waals surface area (Å²) in [4.78, 5) is 16.6. The average molecular weight is 375 g/mol. The molecule has 1 N–H and O–H groups in total. The summed E-state index contributed by atoms with van der Waals surface area (Å²) in [6.45, 7) is 2.12. The molecule has 0 radical (unpaired) electrons. The number of rotatable bonds is 4. The van der Waals surface area contributed by atoms with Crippen molar-refractivity contribution in [3.05, 3.63) is 58.1 Å². The fourth-order valence-corrected chi connectivity index (χ4v) is 3.63. The Kier molecular flexibility index (Phi) is 4.55. The van der Waals surface area contributed by atoms with Crippen molar-refractivity contribution < 1.29 is 4.79 Å². The van der Waals surface area contributed by atoms with Crippen LogP contribution in [0, 0.1) is 0 Å². The first-order valence-corrected chi connectivity index (χ1v) is 8.69. The Bertz CT molecular complexity index is 811. The van der Waals surface area contributed by atoms with E-state index in [9.17, 15) is 4.79 Å². The third kappa shape index (κ3) is 3.54. The van der Waals surface area contributed by atoms with Crippen molar-refractivity contribution >= 4 is 48.5 Å². The van der Waals surface area contributed by atoms with Gasteiger partial charge in [0.05, 0.1) is 16.6 Å². The number of hydrogen-bond donors (Lipinski definition) is 1. The van der Waals surface area contributed by atoms with Gasteiger partial charge in [0.2, 0.25) is 5.91 Å². The standard InChI is InChI=1S/C17H15BrN2OS/c1-2-11-3-5-12(6-4-11)9-16(21)20-17-19-14-8-7-13(18)10-15(14)22-17/h3-8,10H,2,9H2,1H3,(H,19,20,21). The van der Waals surface area contributed by atoms with E-state index < -0.39 is 0 Å². The highest BCUT2D eigenvalue weighted by atomic mass is 79.9. The number of thiazole rings is 1. The van der Waals surface area contributed by atoms with E-state index in [0.717, 1.165) is 26.7 Å². The molecule has 22 heavy (non-hydrogen) atoms. The number of nitrogens with zero attached hydrogens (tertiary/aromatic N) is 1. The van der Waals surface area contributed by atoms with Crippen LogP contribution in [0.5, 0.6) is 0 Å². The minimum absolute atomic E-state index is 0.0395. The van der Waals surface area contributed by atoms with Gasteiger partial charge < -0.3 is 5.32 Å². The van der Waals surface area contributed by atoms with E-state index in [1.54, 1.807) is 0 Å². The Balaban J connectivity index is 1.69. The predicted octanol–water partition coefficient (Wildman–Crippen LogP) is 4.80. The molecule has 2 aromatic carbocycles. The third-order valence-electron chi connectivity index (χ3n) is 3.39. The summed E-state index contributed by atoms with van der Waals surface area (Å²) in [7, 11) is 0. The molecule has 0 atom stereocenters. The van der Waals surface area contributed by atoms with Crippen LogP contribution in [0.2, 0.25) is 0 Å². The smallest absolute Gasteiger partial charge is 0.230 e. The van der Waals surface area contributed by atoms with E-state index in [-0.39, 0.29) is 5.91 Å². The summed E-state index contributed by atoms with van der Waals surface area (Å²) >= 11 is 4.92. The molecule has 1 amide bonds. The summed E-state index contributed by atoms with van der Waals surface area (Å²) in [5.74, 6) is -0.0395. The van der Waals surface area contributed by atoms with Crippen molar-refractivity contribution in [2.75, 3.05) is 5.32 Å². The first-order valence-electron chi connectivity index (χ1n) is 7.08. The van der Waals surface area contributed by atoms with E-state index >= 15 is 0 Å². The van der Waals surface area contributed by atoms with Crippen molar-refractivity contribution in [3.63, 3.8) is 0 Å². The topological polar surface area (TPSA) is 42.0 Å². The maximum atomic E-state index is 12.1. The molecule has 3 rings (SSSR count). The SMILES string of the molecule is CCc1ccc(CC(=O)Nc2nc3ccc(Br)cc3s2)cc1. The first kappa shape index (κ1) is 15.2. The third-order valence-corrected chi connectivity index (χ3v) is 4.82. The van der Waals surface area contributed by atoms with Gasteiger partial charge in [0.1, 0.15) is 0 Å². The zero-order valence-electron chi connectivity index (χ0n) is 12.1. The predicted molar refractivity (Wildman–Crippen MR) is 95.5 cm³/mol. The van der Waals surface area contributed by atoms with Crippen LogP contribution >= 0.6 is 27.3 Å². The Hall–Kier alpha value is -1.72. The largest absolute Gasteiger partial charge is 0.302 e. The van der Waals surface area contributed by atoms with Crippen LogP contribution in [0.25, 0.3) is 10.2 Å². The first-order chi connectivity index (χ1) is 10.6. The Morgan fingerprint density at radius 1 is 1.18 bits per heavy atom. The quantitative estimate of drug-likeness (QED) is 0.712. The highest BCUT2D eigenvalue weighted by Gasteiger charge is 2.09. The minimum atomic E-state index is -0.0395. The molecule has 5 heteroatoms. The highest BCUT2D eigenvalue weighted by molar-refractivity contribution is 9.10. The highest BCUT2D eigenvalue weighted by Crippen LogP contribution is 2.28. The van der Waals surface area contributed by atoms with Crippen LogP contribution in [0.3, 0.4) is 0 Å². The van der Waals surface area contributed by atoms with Crippen molar-refractivity contribution in [2.45, 2.75) is 19.8 Å². The van der Waals surface area contributed by atoms with Crippen LogP contribution in [0.4, 0.5) is 5.13 Å². The molecule has 0 saturated heterocycles. The number of fused-ring (bicyclic) bond motifs is 1. The van der Waals surface area contributed by atoms with Crippen LogP contribution in [-0.2, 0) is 17.6 Å². The minimum Gasteiger partial charge on any atom is -0.302 e. The fraction of sp³-hybridized carbons (Fsp3) is 0.176. The summed E-state index contributed by atoms with van der Waals surface area (Å²) in [6.07, 6.45) is 1.37. The molecule has 0 aliphatic heterocycles. The molecular formula is C17H15BrN2OS. The second kappa shape index (κ2) is 6.58. The molecular weight excluding hydrogens is 360 g/mol. The van der Waals surface area contributed by atoms with Gasteiger partial charge in [-0.05, 0) is 35.7 Å². The van der Waals surface area contributed by atoms with Crippen LogP contribution < -0.4 is 5.32 Å². The van der Waals surface area contributed by atoms with Gasteiger partial charge in [-0.1, -0.05) is 58.5 Å². The van der Waals surface area contributed by atoms with E-state index in [1.165, 1.54) is 16.9 Å². The van der Waals surface area contributed by atoms with Crippen molar-refractivity contribution in [3.8, 4) is 0 Å². The number of aryl methyl sites for hydroxylation is 1. The van der Waals surface area contributed by atoms with E-state index in [0.29, 0.717) is 11.6 Å². The molecule has 0 saturated carbocycles. The second-order valence-electron chi connectivity index (χ2n) is 5.03. The summed E-state index contributed by atoms with van der Waals surface area (Å²) in [5, 5.41) is 3.52. The molecule has 0 aliphatic carbocycles. The Morgan fingerprint density at radius 2 is 1.91 bits per heavy atom. The van der Waals surface area contributed by atoms with Crippen molar-refractivity contribution in [1.29, 1.82) is 0 Å². The molecule has 3 nitrogen and oxygen atoms in total. The lowest BCUT2D eigenvalue weighted by atomic mass is 10.1. The summed E-state index contributed by atoms with van der Waals surface area (Å²) < 4.78 is 2.06. The van der Waals surface area contributed by atoms with Crippen LogP contribution in [0.15, 0.2) is 46.9 Å². The number of amides is 1. The number of hydrogen-bond acceptors (Lipinski definition) is 3. The molecule has 0 bridgehead atoms. The monoisotopic (exact) mass is 374 g/mol. The summed E-state index contributed by atoms with van der Waals surface area (Å²) in [5.41, 5.74) is 3.19. The Labute approximate surface area is 141 Å². The van der Waals surface area contributed by atoms with Gasteiger partial charge in [-0.2, -0.15) is 0 Å². The lowest BCUT2D eigenvalue weighted by Crippen LogP contribution is -2.14.